The Bertz CT molecular complexity index is 1310. The average molecular weight is 519 g/mol. The van der Waals surface area contributed by atoms with Crippen LogP contribution >= 0.6 is 46.6 Å². The third-order valence-corrected chi connectivity index (χ3v) is 6.37. The minimum absolute atomic E-state index is 0.0897. The van der Waals surface area contributed by atoms with Gasteiger partial charge < -0.3 is 4.74 Å². The maximum atomic E-state index is 12.9. The van der Waals surface area contributed by atoms with Crippen LogP contribution in [0.4, 0.5) is 4.79 Å². The zero-order valence-electron chi connectivity index (χ0n) is 16.8. The highest BCUT2D eigenvalue weighted by Gasteiger charge is 2.35. The lowest BCUT2D eigenvalue weighted by Gasteiger charge is -2.12. The van der Waals surface area contributed by atoms with Crippen LogP contribution in [0.2, 0.25) is 15.1 Å². The van der Waals surface area contributed by atoms with Crippen LogP contribution in [0.15, 0.2) is 71.6 Å². The first-order valence-electron chi connectivity index (χ1n) is 9.58. The molecule has 0 aromatic heterocycles. The zero-order valence-corrected chi connectivity index (χ0v) is 19.8. The molecule has 0 unspecified atom stereocenters. The normalized spacial score (nSPS) is 14.8. The van der Waals surface area contributed by atoms with Crippen molar-refractivity contribution in [3.05, 3.63) is 103 Å². The van der Waals surface area contributed by atoms with Crippen LogP contribution in [-0.4, -0.2) is 22.0 Å². The van der Waals surface area contributed by atoms with Crippen molar-refractivity contribution in [3.8, 4) is 5.75 Å². The molecule has 2 amide bonds. The number of thioether (sulfide) groups is 1. The fraction of sp³-hybridized carbons (Fsp3) is 0.0417. The van der Waals surface area contributed by atoms with Gasteiger partial charge >= 0.3 is 5.97 Å². The van der Waals surface area contributed by atoms with Crippen LogP contribution in [-0.2, 0) is 11.3 Å². The number of benzene rings is 3. The lowest BCUT2D eigenvalue weighted by atomic mass is 10.1. The van der Waals surface area contributed by atoms with Crippen molar-refractivity contribution in [2.75, 3.05) is 0 Å². The number of amides is 2. The summed E-state index contributed by atoms with van der Waals surface area (Å²) in [6.45, 7) is 0.0897. The quantitative estimate of drug-likeness (QED) is 0.205. The fourth-order valence-corrected chi connectivity index (χ4v) is 4.54. The van der Waals surface area contributed by atoms with Crippen molar-refractivity contribution in [3.63, 3.8) is 0 Å². The van der Waals surface area contributed by atoms with Gasteiger partial charge in [-0.05, 0) is 65.9 Å². The number of imide groups is 1. The summed E-state index contributed by atoms with van der Waals surface area (Å²) in [5.74, 6) is -0.953. The lowest BCUT2D eigenvalue weighted by molar-refractivity contribution is -0.123. The molecular weight excluding hydrogens is 505 g/mol. The molecule has 1 saturated heterocycles. The molecule has 0 aliphatic carbocycles. The summed E-state index contributed by atoms with van der Waals surface area (Å²) in [5.41, 5.74) is 1.29. The lowest BCUT2D eigenvalue weighted by Crippen LogP contribution is -2.27. The van der Waals surface area contributed by atoms with E-state index in [4.69, 9.17) is 39.5 Å². The van der Waals surface area contributed by atoms with Gasteiger partial charge in [0.2, 0.25) is 0 Å². The molecule has 9 heteroatoms. The standard InChI is InChI=1S/C24H14Cl3NO4S/c25-16-5-3-4-14(10-16)13-28-22(29)21(33-24(28)31)12-15-11-17(26)8-9-20(15)32-23(30)18-6-1-2-7-19(18)27/h1-12H,13H2/b21-12-. The molecule has 3 aromatic rings. The van der Waals surface area contributed by atoms with Crippen LogP contribution in [0.5, 0.6) is 5.75 Å². The Balaban J connectivity index is 1.60. The van der Waals surface area contributed by atoms with E-state index in [2.05, 4.69) is 0 Å². The van der Waals surface area contributed by atoms with E-state index in [0.717, 1.165) is 22.2 Å². The number of halogens is 3. The monoisotopic (exact) mass is 517 g/mol. The predicted molar refractivity (Wildman–Crippen MR) is 131 cm³/mol. The van der Waals surface area contributed by atoms with Gasteiger partial charge in [0.15, 0.2) is 0 Å². The summed E-state index contributed by atoms with van der Waals surface area (Å²) >= 11 is 19.0. The van der Waals surface area contributed by atoms with E-state index in [0.29, 0.717) is 15.6 Å². The molecule has 0 atom stereocenters. The first kappa shape index (κ1) is 23.4. The van der Waals surface area contributed by atoms with Crippen molar-refractivity contribution in [2.24, 2.45) is 0 Å². The van der Waals surface area contributed by atoms with E-state index in [1.54, 1.807) is 60.7 Å². The number of hydrogen-bond donors (Lipinski definition) is 0. The van der Waals surface area contributed by atoms with Gasteiger partial charge in [-0.1, -0.05) is 59.1 Å². The Morgan fingerprint density at radius 2 is 1.70 bits per heavy atom. The summed E-state index contributed by atoms with van der Waals surface area (Å²) in [5, 5.41) is 0.721. The number of nitrogens with zero attached hydrogens (tertiary/aromatic N) is 1. The Morgan fingerprint density at radius 3 is 2.45 bits per heavy atom. The molecule has 166 valence electrons. The van der Waals surface area contributed by atoms with E-state index in [-0.39, 0.29) is 27.8 Å². The highest BCUT2D eigenvalue weighted by molar-refractivity contribution is 8.18. The molecule has 3 aromatic carbocycles. The molecule has 0 N–H and O–H groups in total. The molecule has 0 radical (unpaired) electrons. The van der Waals surface area contributed by atoms with Crippen molar-refractivity contribution in [1.29, 1.82) is 0 Å². The van der Waals surface area contributed by atoms with Gasteiger partial charge in [0, 0.05) is 15.6 Å². The van der Waals surface area contributed by atoms with E-state index >= 15 is 0 Å². The van der Waals surface area contributed by atoms with E-state index in [1.165, 1.54) is 12.1 Å². The summed E-state index contributed by atoms with van der Waals surface area (Å²) in [4.78, 5) is 39.3. The molecule has 0 bridgehead atoms. The third kappa shape index (κ3) is 5.42. The van der Waals surface area contributed by atoms with Crippen LogP contribution in [0.1, 0.15) is 21.5 Å². The summed E-state index contributed by atoms with van der Waals surface area (Å²) in [6, 6.07) is 18.0. The van der Waals surface area contributed by atoms with E-state index in [1.807, 2.05) is 0 Å². The van der Waals surface area contributed by atoms with Crippen LogP contribution in [0.25, 0.3) is 6.08 Å². The molecule has 5 nitrogen and oxygen atoms in total. The zero-order chi connectivity index (χ0) is 23.5. The van der Waals surface area contributed by atoms with Gasteiger partial charge in [0.05, 0.1) is 22.0 Å². The average Bonchev–Trinajstić information content (AvgIpc) is 3.03. The predicted octanol–water partition coefficient (Wildman–Crippen LogP) is 7.10. The molecule has 1 aliphatic heterocycles. The second-order valence-corrected chi connectivity index (χ2v) is 9.22. The van der Waals surface area contributed by atoms with Crippen LogP contribution in [0.3, 0.4) is 0 Å². The molecule has 33 heavy (non-hydrogen) atoms. The molecular formula is C24H14Cl3NO4S. The Morgan fingerprint density at radius 1 is 0.939 bits per heavy atom. The minimum Gasteiger partial charge on any atom is -0.422 e. The third-order valence-electron chi connectivity index (χ3n) is 4.66. The number of esters is 1. The molecule has 1 heterocycles. The smallest absolute Gasteiger partial charge is 0.345 e. The summed E-state index contributed by atoms with van der Waals surface area (Å²) in [6.07, 6.45) is 1.48. The summed E-state index contributed by atoms with van der Waals surface area (Å²) in [7, 11) is 0. The van der Waals surface area contributed by atoms with Crippen molar-refractivity contribution < 1.29 is 19.1 Å². The number of ether oxygens (including phenoxy) is 1. The van der Waals surface area contributed by atoms with E-state index < -0.39 is 17.1 Å². The maximum Gasteiger partial charge on any atom is 0.345 e. The molecule has 1 fully saturated rings. The van der Waals surface area contributed by atoms with Gasteiger partial charge in [0.25, 0.3) is 11.1 Å². The van der Waals surface area contributed by atoms with Gasteiger partial charge in [-0.2, -0.15) is 0 Å². The van der Waals surface area contributed by atoms with Gasteiger partial charge in [0.1, 0.15) is 5.75 Å². The van der Waals surface area contributed by atoms with Crippen molar-refractivity contribution >= 4 is 69.8 Å². The topological polar surface area (TPSA) is 63.7 Å². The van der Waals surface area contributed by atoms with Gasteiger partial charge in [-0.25, -0.2) is 4.79 Å². The fourth-order valence-electron chi connectivity index (χ4n) is 3.10. The number of carbonyl (C=O) groups is 3. The number of hydrogen-bond acceptors (Lipinski definition) is 5. The Labute approximate surface area is 208 Å². The first-order chi connectivity index (χ1) is 15.8. The molecule has 0 saturated carbocycles. The molecule has 4 rings (SSSR count). The second-order valence-electron chi connectivity index (χ2n) is 6.95. The SMILES string of the molecule is O=C(Oc1ccc(Cl)cc1/C=C1\SC(=O)N(Cc2cccc(Cl)c2)C1=O)c1ccccc1Cl. The molecule has 1 aliphatic rings. The van der Waals surface area contributed by atoms with Crippen molar-refractivity contribution in [1.82, 2.24) is 4.90 Å². The second kappa shape index (κ2) is 10.0. The van der Waals surface area contributed by atoms with Crippen LogP contribution in [0, 0.1) is 0 Å². The van der Waals surface area contributed by atoms with Crippen LogP contribution < -0.4 is 4.74 Å². The van der Waals surface area contributed by atoms with Crippen molar-refractivity contribution in [2.45, 2.75) is 6.54 Å². The first-order valence-corrected chi connectivity index (χ1v) is 11.5. The Hall–Kier alpha value is -2.77. The number of carbonyl (C=O) groups excluding carboxylic acids is 3. The largest absolute Gasteiger partial charge is 0.422 e. The highest BCUT2D eigenvalue weighted by atomic mass is 35.5. The molecule has 0 spiro atoms. The number of rotatable bonds is 5. The minimum atomic E-state index is -0.661. The highest BCUT2D eigenvalue weighted by Crippen LogP contribution is 2.36. The van der Waals surface area contributed by atoms with Gasteiger partial charge in [-0.3, -0.25) is 14.5 Å². The van der Waals surface area contributed by atoms with Gasteiger partial charge in [-0.15, -0.1) is 0 Å². The maximum absolute atomic E-state index is 12.9. The Kier molecular flexibility index (Phi) is 7.10. The summed E-state index contributed by atoms with van der Waals surface area (Å²) < 4.78 is 5.52. The van der Waals surface area contributed by atoms with E-state index in [9.17, 15) is 14.4 Å².